The largest absolute Gasteiger partial charge is 0.354 e. The van der Waals surface area contributed by atoms with E-state index in [9.17, 15) is 4.79 Å². The van der Waals surface area contributed by atoms with Gasteiger partial charge in [0.1, 0.15) is 0 Å². The van der Waals surface area contributed by atoms with Crippen LogP contribution in [0.1, 0.15) is 54.3 Å². The Kier molecular flexibility index (Phi) is 6.59. The molecule has 1 aliphatic carbocycles. The van der Waals surface area contributed by atoms with Gasteiger partial charge in [0.15, 0.2) is 0 Å². The number of nitrogens with two attached hydrogens (primary N) is 1. The van der Waals surface area contributed by atoms with E-state index in [0.29, 0.717) is 18.9 Å². The van der Waals surface area contributed by atoms with E-state index in [0.717, 1.165) is 17.0 Å². The van der Waals surface area contributed by atoms with Gasteiger partial charge in [-0.2, -0.15) is 0 Å². The van der Waals surface area contributed by atoms with Gasteiger partial charge in [-0.1, -0.05) is 49.6 Å². The molecule has 134 valence electrons. The first kappa shape index (κ1) is 18.1. The van der Waals surface area contributed by atoms with Crippen LogP contribution in [0.3, 0.4) is 0 Å². The summed E-state index contributed by atoms with van der Waals surface area (Å²) in [7, 11) is 0. The Morgan fingerprint density at radius 3 is 2.76 bits per heavy atom. The lowest BCUT2D eigenvalue weighted by Crippen LogP contribution is -2.42. The standard InChI is InChI=1S/C20H27N3OS/c21-17(13-15-7-3-1-4-8-15)20(24)22-12-11-19-23-18(14-25-19)16-9-5-2-6-10-16/h1,3-4,7-8,14,16-17H,2,5-6,9-13,21H2,(H,22,24). The summed E-state index contributed by atoms with van der Waals surface area (Å²) in [4.78, 5) is 16.9. The summed E-state index contributed by atoms with van der Waals surface area (Å²) in [6, 6.07) is 9.38. The number of carbonyl (C=O) groups excluding carboxylic acids is 1. The second kappa shape index (κ2) is 9.11. The molecular formula is C20H27N3OS. The quantitative estimate of drug-likeness (QED) is 0.798. The monoisotopic (exact) mass is 357 g/mol. The van der Waals surface area contributed by atoms with Gasteiger partial charge in [0, 0.05) is 24.3 Å². The number of hydrogen-bond donors (Lipinski definition) is 2. The minimum absolute atomic E-state index is 0.0899. The number of benzene rings is 1. The molecule has 1 fully saturated rings. The van der Waals surface area contributed by atoms with Gasteiger partial charge >= 0.3 is 0 Å². The predicted octanol–water partition coefficient (Wildman–Crippen LogP) is 3.42. The van der Waals surface area contributed by atoms with Gasteiger partial charge in [0.05, 0.1) is 16.7 Å². The highest BCUT2D eigenvalue weighted by atomic mass is 32.1. The topological polar surface area (TPSA) is 68.0 Å². The maximum Gasteiger partial charge on any atom is 0.237 e. The van der Waals surface area contributed by atoms with Crippen molar-refractivity contribution in [3.05, 3.63) is 52.0 Å². The molecular weight excluding hydrogens is 330 g/mol. The van der Waals surface area contributed by atoms with Gasteiger partial charge in [-0.15, -0.1) is 11.3 Å². The molecule has 3 rings (SSSR count). The lowest BCUT2D eigenvalue weighted by molar-refractivity contribution is -0.122. The molecule has 4 nitrogen and oxygen atoms in total. The van der Waals surface area contributed by atoms with Crippen LogP contribution in [-0.2, 0) is 17.6 Å². The number of nitrogens with one attached hydrogen (secondary N) is 1. The van der Waals surface area contributed by atoms with Crippen molar-refractivity contribution in [3.63, 3.8) is 0 Å². The highest BCUT2D eigenvalue weighted by Crippen LogP contribution is 2.33. The van der Waals surface area contributed by atoms with Gasteiger partial charge in [-0.05, 0) is 24.8 Å². The summed E-state index contributed by atoms with van der Waals surface area (Å²) in [6.07, 6.45) is 7.90. The van der Waals surface area contributed by atoms with Crippen LogP contribution in [0.5, 0.6) is 0 Å². The van der Waals surface area contributed by atoms with E-state index in [1.165, 1.54) is 37.8 Å². The van der Waals surface area contributed by atoms with Crippen molar-refractivity contribution in [2.24, 2.45) is 5.73 Å². The Bertz CT molecular complexity index is 665. The van der Waals surface area contributed by atoms with Crippen molar-refractivity contribution in [3.8, 4) is 0 Å². The molecule has 0 spiro atoms. The molecule has 1 atom stereocenters. The minimum Gasteiger partial charge on any atom is -0.354 e. The van der Waals surface area contributed by atoms with E-state index in [4.69, 9.17) is 10.7 Å². The van der Waals surface area contributed by atoms with Crippen molar-refractivity contribution >= 4 is 17.2 Å². The van der Waals surface area contributed by atoms with Gasteiger partial charge in [-0.25, -0.2) is 4.98 Å². The van der Waals surface area contributed by atoms with Crippen molar-refractivity contribution < 1.29 is 4.79 Å². The molecule has 1 heterocycles. The first-order valence-electron chi connectivity index (χ1n) is 9.24. The molecule has 1 amide bonds. The minimum atomic E-state index is -0.503. The molecule has 0 aliphatic heterocycles. The highest BCUT2D eigenvalue weighted by molar-refractivity contribution is 7.09. The third-order valence-electron chi connectivity index (χ3n) is 4.87. The molecule has 1 saturated carbocycles. The number of aromatic nitrogens is 1. The van der Waals surface area contributed by atoms with E-state index in [-0.39, 0.29) is 5.91 Å². The number of nitrogens with zero attached hydrogens (tertiary/aromatic N) is 1. The maximum absolute atomic E-state index is 12.1. The first-order valence-corrected chi connectivity index (χ1v) is 10.1. The Labute approximate surface area is 153 Å². The van der Waals surface area contributed by atoms with Crippen molar-refractivity contribution in [2.75, 3.05) is 6.54 Å². The van der Waals surface area contributed by atoms with Crippen molar-refractivity contribution in [1.82, 2.24) is 10.3 Å². The van der Waals surface area contributed by atoms with Crippen LogP contribution >= 0.6 is 11.3 Å². The average Bonchev–Trinajstić information content (AvgIpc) is 3.12. The second-order valence-corrected chi connectivity index (χ2v) is 7.78. The fourth-order valence-corrected chi connectivity index (χ4v) is 4.29. The van der Waals surface area contributed by atoms with E-state index < -0.39 is 6.04 Å². The van der Waals surface area contributed by atoms with E-state index in [1.807, 2.05) is 30.3 Å². The van der Waals surface area contributed by atoms with Gasteiger partial charge < -0.3 is 11.1 Å². The zero-order chi connectivity index (χ0) is 17.5. The Morgan fingerprint density at radius 2 is 2.00 bits per heavy atom. The molecule has 1 aromatic heterocycles. The highest BCUT2D eigenvalue weighted by Gasteiger charge is 2.18. The normalized spacial score (nSPS) is 16.5. The van der Waals surface area contributed by atoms with E-state index in [2.05, 4.69) is 10.7 Å². The third-order valence-corrected chi connectivity index (χ3v) is 5.79. The zero-order valence-corrected chi connectivity index (χ0v) is 15.4. The average molecular weight is 358 g/mol. The number of hydrogen-bond acceptors (Lipinski definition) is 4. The lowest BCUT2D eigenvalue weighted by atomic mass is 9.87. The second-order valence-electron chi connectivity index (χ2n) is 6.84. The molecule has 1 aliphatic rings. The van der Waals surface area contributed by atoms with Gasteiger partial charge in [0.2, 0.25) is 5.91 Å². The zero-order valence-electron chi connectivity index (χ0n) is 14.6. The van der Waals surface area contributed by atoms with Crippen molar-refractivity contribution in [1.29, 1.82) is 0 Å². The van der Waals surface area contributed by atoms with Gasteiger partial charge in [0.25, 0.3) is 0 Å². The molecule has 1 unspecified atom stereocenters. The molecule has 5 heteroatoms. The Morgan fingerprint density at radius 1 is 1.24 bits per heavy atom. The molecule has 25 heavy (non-hydrogen) atoms. The number of carbonyl (C=O) groups is 1. The predicted molar refractivity (Wildman–Crippen MR) is 103 cm³/mol. The number of rotatable bonds is 7. The van der Waals surface area contributed by atoms with Crippen LogP contribution in [0.4, 0.5) is 0 Å². The smallest absolute Gasteiger partial charge is 0.237 e. The summed E-state index contributed by atoms with van der Waals surface area (Å²) in [5.74, 6) is 0.556. The Hall–Kier alpha value is -1.72. The fraction of sp³-hybridized carbons (Fsp3) is 0.500. The van der Waals surface area contributed by atoms with E-state index >= 15 is 0 Å². The summed E-state index contributed by atoms with van der Waals surface area (Å²) >= 11 is 1.71. The number of amides is 1. The van der Waals surface area contributed by atoms with Crippen molar-refractivity contribution in [2.45, 2.75) is 56.9 Å². The SMILES string of the molecule is NC(Cc1ccccc1)C(=O)NCCc1nc(C2CCCCC2)cs1. The number of thiazole rings is 1. The van der Waals surface area contributed by atoms with Crippen LogP contribution < -0.4 is 11.1 Å². The lowest BCUT2D eigenvalue weighted by Gasteiger charge is -2.19. The van der Waals surface area contributed by atoms with E-state index in [1.54, 1.807) is 11.3 Å². The van der Waals surface area contributed by atoms with Gasteiger partial charge in [-0.3, -0.25) is 4.79 Å². The molecule has 0 saturated heterocycles. The summed E-state index contributed by atoms with van der Waals surface area (Å²) in [5, 5.41) is 6.25. The summed E-state index contributed by atoms with van der Waals surface area (Å²) in [5.41, 5.74) is 8.35. The third kappa shape index (κ3) is 5.38. The molecule has 1 aromatic carbocycles. The van der Waals surface area contributed by atoms with Crippen LogP contribution in [0.15, 0.2) is 35.7 Å². The summed E-state index contributed by atoms with van der Waals surface area (Å²) < 4.78 is 0. The maximum atomic E-state index is 12.1. The first-order chi connectivity index (χ1) is 12.2. The van der Waals surface area contributed by atoms with Crippen LogP contribution in [0.25, 0.3) is 0 Å². The van der Waals surface area contributed by atoms with Crippen LogP contribution in [0.2, 0.25) is 0 Å². The van der Waals surface area contributed by atoms with Crippen LogP contribution in [0, 0.1) is 0 Å². The fourth-order valence-electron chi connectivity index (χ4n) is 3.41. The molecule has 0 radical (unpaired) electrons. The summed E-state index contributed by atoms with van der Waals surface area (Å²) in [6.45, 7) is 0.596. The van der Waals surface area contributed by atoms with Crippen LogP contribution in [-0.4, -0.2) is 23.5 Å². The molecule has 0 bridgehead atoms. The molecule has 2 aromatic rings. The molecule has 3 N–H and O–H groups in total. The Balaban J connectivity index is 1.41.